The lowest BCUT2D eigenvalue weighted by molar-refractivity contribution is -0.116. The maximum absolute atomic E-state index is 12.2. The van der Waals surface area contributed by atoms with Gasteiger partial charge in [-0.25, -0.2) is 0 Å². The third-order valence-corrected chi connectivity index (χ3v) is 4.59. The van der Waals surface area contributed by atoms with Crippen LogP contribution in [0.3, 0.4) is 0 Å². The number of ether oxygens (including phenoxy) is 2. The molecule has 2 aromatic carbocycles. The molecule has 0 unspecified atom stereocenters. The average molecular weight is 423 g/mol. The van der Waals surface area contributed by atoms with E-state index in [9.17, 15) is 9.59 Å². The Morgan fingerprint density at radius 2 is 1.16 bits per heavy atom. The van der Waals surface area contributed by atoms with Crippen LogP contribution < -0.4 is 20.1 Å². The Bertz CT molecular complexity index is 873. The van der Waals surface area contributed by atoms with Gasteiger partial charge >= 0.3 is 0 Å². The summed E-state index contributed by atoms with van der Waals surface area (Å²) in [5.74, 6) is 0.995. The maximum Gasteiger partial charge on any atom is 0.244 e. The van der Waals surface area contributed by atoms with Crippen LogP contribution in [0.1, 0.15) is 25.0 Å². The van der Waals surface area contributed by atoms with E-state index in [1.54, 1.807) is 26.4 Å². The van der Waals surface area contributed by atoms with Crippen LogP contribution in [0.25, 0.3) is 12.2 Å². The summed E-state index contributed by atoms with van der Waals surface area (Å²) in [6.45, 7) is 4.78. The van der Waals surface area contributed by atoms with Gasteiger partial charge in [0.15, 0.2) is 0 Å². The minimum atomic E-state index is -0.318. The van der Waals surface area contributed by atoms with Crippen molar-refractivity contribution in [3.05, 3.63) is 71.8 Å². The molecule has 0 fully saturated rings. The number of carbonyl (C=O) groups is 2. The van der Waals surface area contributed by atoms with Crippen molar-refractivity contribution < 1.29 is 19.1 Å². The highest BCUT2D eigenvalue weighted by molar-refractivity contribution is 5.92. The van der Waals surface area contributed by atoms with Crippen molar-refractivity contribution in [1.29, 1.82) is 0 Å². The van der Waals surface area contributed by atoms with Gasteiger partial charge in [-0.3, -0.25) is 9.59 Å². The Morgan fingerprint density at radius 3 is 1.55 bits per heavy atom. The first kappa shape index (κ1) is 23.7. The number of methoxy groups -OCH3 is 2. The van der Waals surface area contributed by atoms with E-state index in [1.807, 2.05) is 62.4 Å². The zero-order chi connectivity index (χ0) is 22.7. The van der Waals surface area contributed by atoms with Crippen LogP contribution in [0.4, 0.5) is 0 Å². The van der Waals surface area contributed by atoms with Crippen LogP contribution in [0.5, 0.6) is 11.5 Å². The lowest BCUT2D eigenvalue weighted by atomic mass is 9.93. The number of nitrogens with one attached hydrogen (secondary N) is 2. The van der Waals surface area contributed by atoms with Gasteiger partial charge < -0.3 is 20.1 Å². The number of para-hydroxylation sites is 2. The van der Waals surface area contributed by atoms with Crippen molar-refractivity contribution in [2.45, 2.75) is 13.8 Å². The largest absolute Gasteiger partial charge is 0.496 e. The van der Waals surface area contributed by atoms with Gasteiger partial charge in [0, 0.05) is 36.4 Å². The summed E-state index contributed by atoms with van der Waals surface area (Å²) in [4.78, 5) is 24.3. The van der Waals surface area contributed by atoms with Crippen molar-refractivity contribution in [2.75, 3.05) is 27.3 Å². The molecule has 2 amide bonds. The van der Waals surface area contributed by atoms with Gasteiger partial charge in [0.2, 0.25) is 11.8 Å². The summed E-state index contributed by atoms with van der Waals surface area (Å²) in [5, 5.41) is 5.75. The fourth-order valence-electron chi connectivity index (χ4n) is 2.77. The third-order valence-electron chi connectivity index (χ3n) is 4.59. The first-order valence-electron chi connectivity index (χ1n) is 10.0. The summed E-state index contributed by atoms with van der Waals surface area (Å²) < 4.78 is 10.5. The Balaban J connectivity index is 1.81. The van der Waals surface area contributed by atoms with Gasteiger partial charge in [-0.15, -0.1) is 0 Å². The lowest BCUT2D eigenvalue weighted by Gasteiger charge is -2.24. The van der Waals surface area contributed by atoms with Gasteiger partial charge in [0.05, 0.1) is 14.2 Å². The average Bonchev–Trinajstić information content (AvgIpc) is 2.79. The van der Waals surface area contributed by atoms with Crippen LogP contribution in [-0.4, -0.2) is 39.1 Å². The molecule has 0 bridgehead atoms. The predicted octanol–water partition coefficient (Wildman–Crippen LogP) is 3.69. The minimum absolute atomic E-state index is 0.207. The van der Waals surface area contributed by atoms with Crippen LogP contribution in [0.2, 0.25) is 0 Å². The number of rotatable bonds is 10. The fourth-order valence-corrected chi connectivity index (χ4v) is 2.77. The fraction of sp³-hybridized carbons (Fsp3) is 0.280. The molecule has 0 aliphatic heterocycles. The highest BCUT2D eigenvalue weighted by atomic mass is 16.5. The van der Waals surface area contributed by atoms with E-state index in [-0.39, 0.29) is 17.2 Å². The minimum Gasteiger partial charge on any atom is -0.496 e. The van der Waals surface area contributed by atoms with E-state index in [4.69, 9.17) is 9.47 Å². The molecule has 0 saturated heterocycles. The monoisotopic (exact) mass is 422 g/mol. The van der Waals surface area contributed by atoms with Gasteiger partial charge in [0.1, 0.15) is 11.5 Å². The second-order valence-corrected chi connectivity index (χ2v) is 7.75. The molecule has 0 atom stereocenters. The topological polar surface area (TPSA) is 76.7 Å². The molecule has 0 spiro atoms. The van der Waals surface area contributed by atoms with Gasteiger partial charge in [0.25, 0.3) is 0 Å². The van der Waals surface area contributed by atoms with Gasteiger partial charge in [-0.05, 0) is 29.7 Å². The van der Waals surface area contributed by atoms with Crippen LogP contribution in [0, 0.1) is 5.41 Å². The number of carbonyl (C=O) groups excluding carboxylic acids is 2. The summed E-state index contributed by atoms with van der Waals surface area (Å²) in [7, 11) is 3.18. The van der Waals surface area contributed by atoms with E-state index >= 15 is 0 Å². The van der Waals surface area contributed by atoms with Crippen molar-refractivity contribution in [1.82, 2.24) is 10.6 Å². The molecule has 0 aromatic heterocycles. The van der Waals surface area contributed by atoms with Crippen molar-refractivity contribution in [2.24, 2.45) is 5.41 Å². The number of hydrogen-bond donors (Lipinski definition) is 2. The quantitative estimate of drug-likeness (QED) is 0.573. The summed E-state index contributed by atoms with van der Waals surface area (Å²) in [6.07, 6.45) is 6.38. The highest BCUT2D eigenvalue weighted by Crippen LogP contribution is 2.19. The molecule has 6 nitrogen and oxygen atoms in total. The smallest absolute Gasteiger partial charge is 0.244 e. The first-order chi connectivity index (χ1) is 14.8. The molecule has 164 valence electrons. The molecule has 0 aliphatic rings. The lowest BCUT2D eigenvalue weighted by Crippen LogP contribution is -2.41. The molecule has 2 N–H and O–H groups in total. The summed E-state index contributed by atoms with van der Waals surface area (Å²) in [6, 6.07) is 14.9. The Labute approximate surface area is 184 Å². The SMILES string of the molecule is COc1ccccc1/C=C/C(=O)NCC(C)(C)CNC(=O)/C=C/c1ccccc1OC. The predicted molar refractivity (Wildman–Crippen MR) is 124 cm³/mol. The van der Waals surface area contributed by atoms with Gasteiger partial charge in [-0.1, -0.05) is 50.2 Å². The van der Waals surface area contributed by atoms with E-state index in [2.05, 4.69) is 10.6 Å². The zero-order valence-corrected chi connectivity index (χ0v) is 18.5. The second kappa shape index (κ2) is 11.6. The van der Waals surface area contributed by atoms with Crippen LogP contribution in [-0.2, 0) is 9.59 Å². The standard InChI is InChI=1S/C25H30N2O4/c1-25(2,17-26-23(28)15-13-19-9-5-7-11-21(19)30-3)18-27-24(29)16-14-20-10-6-8-12-22(20)31-4/h5-16H,17-18H2,1-4H3,(H,26,28)(H,27,29)/b15-13+,16-14+. The van der Waals surface area contributed by atoms with Gasteiger partial charge in [-0.2, -0.15) is 0 Å². The molecule has 6 heteroatoms. The third kappa shape index (κ3) is 8.01. The Morgan fingerprint density at radius 1 is 0.774 bits per heavy atom. The van der Waals surface area contributed by atoms with Crippen molar-refractivity contribution in [3.8, 4) is 11.5 Å². The molecule has 2 aromatic rings. The molecule has 0 heterocycles. The number of benzene rings is 2. The molecule has 0 radical (unpaired) electrons. The zero-order valence-electron chi connectivity index (χ0n) is 18.5. The summed E-state index contributed by atoms with van der Waals surface area (Å²) >= 11 is 0. The van der Waals surface area contributed by atoms with Crippen LogP contribution in [0.15, 0.2) is 60.7 Å². The Kier molecular flexibility index (Phi) is 8.88. The first-order valence-corrected chi connectivity index (χ1v) is 10.0. The molecular formula is C25H30N2O4. The van der Waals surface area contributed by atoms with E-state index in [0.29, 0.717) is 24.6 Å². The van der Waals surface area contributed by atoms with E-state index in [1.165, 1.54) is 12.2 Å². The molecule has 0 saturated carbocycles. The van der Waals surface area contributed by atoms with Crippen LogP contribution >= 0.6 is 0 Å². The molecule has 31 heavy (non-hydrogen) atoms. The van der Waals surface area contributed by atoms with Crippen molar-refractivity contribution >= 4 is 24.0 Å². The van der Waals surface area contributed by atoms with Crippen molar-refractivity contribution in [3.63, 3.8) is 0 Å². The highest BCUT2D eigenvalue weighted by Gasteiger charge is 2.19. The summed E-state index contributed by atoms with van der Waals surface area (Å²) in [5.41, 5.74) is 1.34. The van der Waals surface area contributed by atoms with E-state index < -0.39 is 0 Å². The molecule has 0 aliphatic carbocycles. The number of amides is 2. The van der Waals surface area contributed by atoms with E-state index in [0.717, 1.165) is 11.1 Å². The second-order valence-electron chi connectivity index (χ2n) is 7.75. The molecular weight excluding hydrogens is 392 g/mol. The molecule has 2 rings (SSSR count). The maximum atomic E-state index is 12.2. The normalized spacial score (nSPS) is 11.5. The Hall–Kier alpha value is -3.54. The number of hydrogen-bond acceptors (Lipinski definition) is 4.